The summed E-state index contributed by atoms with van der Waals surface area (Å²) >= 11 is 5.70. The molecule has 0 radical (unpaired) electrons. The minimum absolute atomic E-state index is 0.00259. The number of nitrogens with zero attached hydrogens (tertiary/aromatic N) is 1. The van der Waals surface area contributed by atoms with E-state index in [4.69, 9.17) is 21.1 Å². The fourth-order valence-electron chi connectivity index (χ4n) is 1.78. The lowest BCUT2D eigenvalue weighted by Gasteiger charge is -2.06. The second kappa shape index (κ2) is 6.91. The highest BCUT2D eigenvalue weighted by Crippen LogP contribution is 2.24. The van der Waals surface area contributed by atoms with Gasteiger partial charge in [-0.3, -0.25) is 10.1 Å². The van der Waals surface area contributed by atoms with Crippen LogP contribution in [0.4, 0.5) is 5.69 Å². The highest BCUT2D eigenvalue weighted by molar-refractivity contribution is 6.31. The standard InChI is InChI=1S/C15H12ClNO5/c1-21-12-5-2-10(3-6-12)9-22-15(18)13-7-4-11(16)8-14(13)17(19)20/h2-8H,9H2,1H3. The zero-order valence-electron chi connectivity index (χ0n) is 11.6. The molecule has 0 N–H and O–H groups in total. The summed E-state index contributed by atoms with van der Waals surface area (Å²) < 4.78 is 10.1. The molecule has 0 aliphatic heterocycles. The summed E-state index contributed by atoms with van der Waals surface area (Å²) in [5.41, 5.74) is 0.223. The van der Waals surface area contributed by atoms with Gasteiger partial charge in [-0.15, -0.1) is 0 Å². The van der Waals surface area contributed by atoms with E-state index in [9.17, 15) is 14.9 Å². The van der Waals surface area contributed by atoms with Crippen LogP contribution in [0, 0.1) is 10.1 Å². The van der Waals surface area contributed by atoms with Crippen molar-refractivity contribution in [2.24, 2.45) is 0 Å². The third kappa shape index (κ3) is 3.73. The van der Waals surface area contributed by atoms with Crippen molar-refractivity contribution in [1.82, 2.24) is 0 Å². The number of hydrogen-bond acceptors (Lipinski definition) is 5. The van der Waals surface area contributed by atoms with Crippen LogP contribution in [0.1, 0.15) is 15.9 Å². The van der Waals surface area contributed by atoms with Crippen LogP contribution in [0.2, 0.25) is 5.02 Å². The average Bonchev–Trinajstić information content (AvgIpc) is 2.53. The van der Waals surface area contributed by atoms with Gasteiger partial charge in [0.1, 0.15) is 17.9 Å². The first-order valence-electron chi connectivity index (χ1n) is 6.25. The molecule has 0 spiro atoms. The Hall–Kier alpha value is -2.60. The Morgan fingerprint density at radius 3 is 2.50 bits per heavy atom. The van der Waals surface area contributed by atoms with Gasteiger partial charge in [0, 0.05) is 11.1 Å². The van der Waals surface area contributed by atoms with Gasteiger partial charge in [0.25, 0.3) is 5.69 Å². The molecule has 0 unspecified atom stereocenters. The van der Waals surface area contributed by atoms with Gasteiger partial charge in [0.05, 0.1) is 12.0 Å². The second-order valence-electron chi connectivity index (χ2n) is 4.34. The Morgan fingerprint density at radius 1 is 1.23 bits per heavy atom. The number of nitro groups is 1. The lowest BCUT2D eigenvalue weighted by Crippen LogP contribution is -2.08. The fourth-order valence-corrected chi connectivity index (χ4v) is 1.94. The molecule has 0 bridgehead atoms. The van der Waals surface area contributed by atoms with Crippen LogP contribution in [0.25, 0.3) is 0 Å². The van der Waals surface area contributed by atoms with Crippen molar-refractivity contribution in [3.05, 3.63) is 68.7 Å². The number of benzene rings is 2. The summed E-state index contributed by atoms with van der Waals surface area (Å²) in [4.78, 5) is 22.3. The summed E-state index contributed by atoms with van der Waals surface area (Å²) in [6.45, 7) is 0.00259. The van der Waals surface area contributed by atoms with Crippen molar-refractivity contribution in [1.29, 1.82) is 0 Å². The molecule has 0 fully saturated rings. The normalized spacial score (nSPS) is 10.1. The Bertz CT molecular complexity index is 700. The molecule has 2 rings (SSSR count). The minimum atomic E-state index is -0.779. The van der Waals surface area contributed by atoms with Gasteiger partial charge in [-0.1, -0.05) is 23.7 Å². The summed E-state index contributed by atoms with van der Waals surface area (Å²) in [5.74, 6) is -0.0948. The molecule has 6 nitrogen and oxygen atoms in total. The lowest BCUT2D eigenvalue weighted by atomic mass is 10.2. The van der Waals surface area contributed by atoms with E-state index in [1.54, 1.807) is 31.4 Å². The smallest absolute Gasteiger partial charge is 0.345 e. The van der Waals surface area contributed by atoms with Crippen LogP contribution >= 0.6 is 11.6 Å². The molecule has 0 atom stereocenters. The maximum Gasteiger partial charge on any atom is 0.345 e. The molecule has 7 heteroatoms. The van der Waals surface area contributed by atoms with E-state index in [1.807, 2.05) is 0 Å². The molecule has 0 aliphatic carbocycles. The minimum Gasteiger partial charge on any atom is -0.497 e. The van der Waals surface area contributed by atoms with Crippen LogP contribution in [-0.4, -0.2) is 18.0 Å². The predicted molar refractivity (Wildman–Crippen MR) is 80.2 cm³/mol. The monoisotopic (exact) mass is 321 g/mol. The van der Waals surface area contributed by atoms with E-state index < -0.39 is 10.9 Å². The zero-order chi connectivity index (χ0) is 16.1. The Kier molecular flexibility index (Phi) is 4.95. The molecule has 22 heavy (non-hydrogen) atoms. The molecule has 0 aliphatic rings. The van der Waals surface area contributed by atoms with Crippen LogP contribution in [-0.2, 0) is 11.3 Å². The number of esters is 1. The van der Waals surface area contributed by atoms with Gasteiger partial charge in [-0.2, -0.15) is 0 Å². The highest BCUT2D eigenvalue weighted by Gasteiger charge is 2.21. The molecule has 0 saturated heterocycles. The van der Waals surface area contributed by atoms with Crippen LogP contribution in [0.5, 0.6) is 5.75 Å². The molecule has 2 aromatic rings. The fraction of sp³-hybridized carbons (Fsp3) is 0.133. The molecule has 0 aromatic heterocycles. The van der Waals surface area contributed by atoms with E-state index >= 15 is 0 Å². The highest BCUT2D eigenvalue weighted by atomic mass is 35.5. The van der Waals surface area contributed by atoms with Crippen molar-refractivity contribution < 1.29 is 19.2 Å². The zero-order valence-corrected chi connectivity index (χ0v) is 12.4. The van der Waals surface area contributed by atoms with Gasteiger partial charge in [0.2, 0.25) is 0 Å². The summed E-state index contributed by atoms with van der Waals surface area (Å²) in [6, 6.07) is 10.7. The van der Waals surface area contributed by atoms with Crippen LogP contribution in [0.15, 0.2) is 42.5 Å². The number of methoxy groups -OCH3 is 1. The molecular weight excluding hydrogens is 310 g/mol. The van der Waals surface area contributed by atoms with Crippen LogP contribution in [0.3, 0.4) is 0 Å². The summed E-state index contributed by atoms with van der Waals surface area (Å²) in [6.07, 6.45) is 0. The molecule has 0 heterocycles. The molecule has 114 valence electrons. The van der Waals surface area contributed by atoms with Crippen molar-refractivity contribution in [3.8, 4) is 5.75 Å². The molecular formula is C15H12ClNO5. The van der Waals surface area contributed by atoms with Gasteiger partial charge in [-0.25, -0.2) is 4.79 Å². The average molecular weight is 322 g/mol. The number of carbonyl (C=O) groups is 1. The number of rotatable bonds is 5. The van der Waals surface area contributed by atoms with Gasteiger partial charge in [-0.05, 0) is 29.8 Å². The largest absolute Gasteiger partial charge is 0.497 e. The Morgan fingerprint density at radius 2 is 1.91 bits per heavy atom. The quantitative estimate of drug-likeness (QED) is 0.477. The van der Waals surface area contributed by atoms with E-state index in [0.29, 0.717) is 5.75 Å². The van der Waals surface area contributed by atoms with E-state index in [0.717, 1.165) is 11.6 Å². The maximum absolute atomic E-state index is 12.0. The topological polar surface area (TPSA) is 78.7 Å². The predicted octanol–water partition coefficient (Wildman–Crippen LogP) is 3.61. The Labute approximate surface area is 131 Å². The summed E-state index contributed by atoms with van der Waals surface area (Å²) in [7, 11) is 1.55. The number of nitro benzene ring substituents is 1. The number of ether oxygens (including phenoxy) is 2. The first-order chi connectivity index (χ1) is 10.5. The molecule has 0 saturated carbocycles. The van der Waals surface area contributed by atoms with Crippen molar-refractivity contribution >= 4 is 23.3 Å². The van der Waals surface area contributed by atoms with Gasteiger partial charge < -0.3 is 9.47 Å². The van der Waals surface area contributed by atoms with E-state index in [2.05, 4.69) is 0 Å². The maximum atomic E-state index is 12.0. The Balaban J connectivity index is 2.10. The lowest BCUT2D eigenvalue weighted by molar-refractivity contribution is -0.385. The van der Waals surface area contributed by atoms with Gasteiger partial charge >= 0.3 is 5.97 Å². The van der Waals surface area contributed by atoms with Crippen molar-refractivity contribution in [3.63, 3.8) is 0 Å². The van der Waals surface area contributed by atoms with Crippen molar-refractivity contribution in [2.45, 2.75) is 6.61 Å². The SMILES string of the molecule is COc1ccc(COC(=O)c2ccc(Cl)cc2[N+](=O)[O-])cc1. The second-order valence-corrected chi connectivity index (χ2v) is 4.78. The summed E-state index contributed by atoms with van der Waals surface area (Å²) in [5, 5.41) is 11.1. The number of hydrogen-bond donors (Lipinski definition) is 0. The molecule has 2 aromatic carbocycles. The van der Waals surface area contributed by atoms with Crippen molar-refractivity contribution in [2.75, 3.05) is 7.11 Å². The van der Waals surface area contributed by atoms with E-state index in [1.165, 1.54) is 12.1 Å². The third-order valence-electron chi connectivity index (χ3n) is 2.91. The van der Waals surface area contributed by atoms with E-state index in [-0.39, 0.29) is 22.9 Å². The molecule has 0 amide bonds. The first-order valence-corrected chi connectivity index (χ1v) is 6.63. The third-order valence-corrected chi connectivity index (χ3v) is 3.14. The first kappa shape index (κ1) is 15.8. The van der Waals surface area contributed by atoms with Crippen LogP contribution < -0.4 is 4.74 Å². The number of halogens is 1. The number of carbonyl (C=O) groups excluding carboxylic acids is 1. The van der Waals surface area contributed by atoms with Gasteiger partial charge in [0.15, 0.2) is 0 Å².